The zero-order valence-electron chi connectivity index (χ0n) is 10.3. The summed E-state index contributed by atoms with van der Waals surface area (Å²) in [6, 6.07) is 6.31. The lowest BCUT2D eigenvalue weighted by atomic mass is 10.1. The average molecular weight is 326 g/mol. The summed E-state index contributed by atoms with van der Waals surface area (Å²) in [4.78, 5) is 0.0334. The minimum Gasteiger partial charge on any atom is -0.389 e. The highest BCUT2D eigenvalue weighted by Gasteiger charge is 2.27. The van der Waals surface area contributed by atoms with Gasteiger partial charge >= 0.3 is 6.18 Å². The van der Waals surface area contributed by atoms with Crippen molar-refractivity contribution in [3.8, 4) is 0 Å². The molecule has 20 heavy (non-hydrogen) atoms. The first kappa shape index (κ1) is 16.9. The van der Waals surface area contributed by atoms with Crippen molar-refractivity contribution in [3.63, 3.8) is 0 Å². The van der Waals surface area contributed by atoms with Gasteiger partial charge < -0.3 is 5.73 Å². The van der Waals surface area contributed by atoms with Gasteiger partial charge in [0.05, 0.1) is 12.2 Å². The van der Waals surface area contributed by atoms with Crippen molar-refractivity contribution in [2.24, 2.45) is 5.73 Å². The van der Waals surface area contributed by atoms with Gasteiger partial charge in [-0.05, 0) is 5.56 Å². The lowest BCUT2D eigenvalue weighted by Gasteiger charge is -2.11. The molecule has 0 spiro atoms. The lowest BCUT2D eigenvalue weighted by Crippen LogP contribution is -2.29. The van der Waals surface area contributed by atoms with Crippen molar-refractivity contribution in [1.82, 2.24) is 4.72 Å². The Balaban J connectivity index is 2.74. The van der Waals surface area contributed by atoms with Crippen LogP contribution in [0.2, 0.25) is 0 Å². The predicted octanol–water partition coefficient (Wildman–Crippen LogP) is 1.69. The lowest BCUT2D eigenvalue weighted by molar-refractivity contribution is -0.132. The van der Waals surface area contributed by atoms with Crippen molar-refractivity contribution in [1.29, 1.82) is 0 Å². The first-order chi connectivity index (χ1) is 9.11. The second kappa shape index (κ2) is 6.51. The third-order valence-corrected chi connectivity index (χ3v) is 3.91. The fourth-order valence-corrected chi connectivity index (χ4v) is 2.87. The minimum atomic E-state index is -4.40. The average Bonchev–Trinajstić information content (AvgIpc) is 2.26. The molecule has 9 heteroatoms. The van der Waals surface area contributed by atoms with Gasteiger partial charge in [0.2, 0.25) is 10.0 Å². The van der Waals surface area contributed by atoms with Gasteiger partial charge in [-0.15, -0.1) is 0 Å². The number of alkyl halides is 3. The highest BCUT2D eigenvalue weighted by molar-refractivity contribution is 7.88. The third-order valence-electron chi connectivity index (χ3n) is 2.36. The van der Waals surface area contributed by atoms with E-state index in [0.717, 1.165) is 0 Å². The Hall–Kier alpha value is -1.19. The van der Waals surface area contributed by atoms with Crippen LogP contribution in [-0.4, -0.2) is 26.1 Å². The van der Waals surface area contributed by atoms with E-state index in [1.54, 1.807) is 18.2 Å². The summed E-state index contributed by atoms with van der Waals surface area (Å²) < 4.78 is 61.2. The summed E-state index contributed by atoms with van der Waals surface area (Å²) in [6.45, 7) is -0.693. The molecular weight excluding hydrogens is 313 g/mol. The Morgan fingerprint density at radius 1 is 1.30 bits per heavy atom. The fraction of sp³-hybridized carbons (Fsp3) is 0.364. The Bertz CT molecular complexity index is 586. The van der Waals surface area contributed by atoms with Gasteiger partial charge in [-0.25, -0.2) is 13.1 Å². The number of halogens is 3. The first-order valence-electron chi connectivity index (χ1n) is 5.52. The van der Waals surface area contributed by atoms with Crippen molar-refractivity contribution in [2.75, 3.05) is 6.54 Å². The normalized spacial score (nSPS) is 12.3. The summed E-state index contributed by atoms with van der Waals surface area (Å²) in [5, 5.41) is 0. The van der Waals surface area contributed by atoms with E-state index in [1.165, 1.54) is 6.07 Å². The van der Waals surface area contributed by atoms with Gasteiger partial charge in [0.1, 0.15) is 4.99 Å². The molecule has 0 atom stereocenters. The molecule has 0 fully saturated rings. The van der Waals surface area contributed by atoms with E-state index in [-0.39, 0.29) is 4.99 Å². The largest absolute Gasteiger partial charge is 0.390 e. The number of rotatable bonds is 6. The van der Waals surface area contributed by atoms with Crippen LogP contribution >= 0.6 is 12.2 Å². The highest BCUT2D eigenvalue weighted by atomic mass is 32.2. The predicted molar refractivity (Wildman–Crippen MR) is 73.6 cm³/mol. The SMILES string of the molecule is NC(=S)c1ccccc1CS(=O)(=O)NCCC(F)(F)F. The maximum absolute atomic E-state index is 12.0. The topological polar surface area (TPSA) is 72.2 Å². The molecule has 0 heterocycles. The Morgan fingerprint density at radius 2 is 1.90 bits per heavy atom. The number of nitrogens with one attached hydrogen (secondary N) is 1. The summed E-state index contributed by atoms with van der Waals surface area (Å²) in [5.74, 6) is -0.474. The standard InChI is InChI=1S/C11H13F3N2O2S2/c12-11(13,14)5-6-16-20(17,18)7-8-3-1-2-4-9(8)10(15)19/h1-4,16H,5-7H2,(H2,15,19). The Kier molecular flexibility index (Phi) is 5.49. The molecule has 1 aromatic rings. The number of nitrogens with two attached hydrogens (primary N) is 1. The molecular formula is C11H13F3N2O2S2. The summed E-state index contributed by atoms with van der Waals surface area (Å²) in [6.07, 6.45) is -5.62. The fourth-order valence-electron chi connectivity index (χ4n) is 1.49. The molecule has 0 aliphatic heterocycles. The van der Waals surface area contributed by atoms with E-state index in [2.05, 4.69) is 0 Å². The molecule has 0 aromatic heterocycles. The smallest absolute Gasteiger partial charge is 0.389 e. The van der Waals surface area contributed by atoms with Gasteiger partial charge in [0.15, 0.2) is 0 Å². The van der Waals surface area contributed by atoms with E-state index >= 15 is 0 Å². The van der Waals surface area contributed by atoms with Crippen molar-refractivity contribution >= 4 is 27.2 Å². The van der Waals surface area contributed by atoms with Gasteiger partial charge in [0.25, 0.3) is 0 Å². The molecule has 0 bridgehead atoms. The van der Waals surface area contributed by atoms with Crippen LogP contribution in [0.15, 0.2) is 24.3 Å². The van der Waals surface area contributed by atoms with E-state index in [4.69, 9.17) is 18.0 Å². The van der Waals surface area contributed by atoms with Crippen LogP contribution < -0.4 is 10.5 Å². The first-order valence-corrected chi connectivity index (χ1v) is 7.58. The monoisotopic (exact) mass is 326 g/mol. The van der Waals surface area contributed by atoms with E-state index in [1.807, 2.05) is 4.72 Å². The minimum absolute atomic E-state index is 0.0334. The molecule has 0 radical (unpaired) electrons. The van der Waals surface area contributed by atoms with Crippen molar-refractivity contribution in [2.45, 2.75) is 18.3 Å². The highest BCUT2D eigenvalue weighted by Crippen LogP contribution is 2.18. The van der Waals surface area contributed by atoms with Crippen LogP contribution in [0.25, 0.3) is 0 Å². The van der Waals surface area contributed by atoms with E-state index in [9.17, 15) is 21.6 Å². The number of sulfonamides is 1. The molecule has 0 saturated heterocycles. The summed E-state index contributed by atoms with van der Waals surface area (Å²) in [7, 11) is -3.88. The molecule has 0 amide bonds. The Labute approximate surface area is 120 Å². The molecule has 3 N–H and O–H groups in total. The second-order valence-corrected chi connectivity index (χ2v) is 6.29. The van der Waals surface area contributed by atoms with Crippen LogP contribution in [0.5, 0.6) is 0 Å². The van der Waals surface area contributed by atoms with Gasteiger partial charge in [-0.3, -0.25) is 0 Å². The molecule has 0 saturated carbocycles. The third kappa shape index (κ3) is 5.85. The molecule has 0 unspecified atom stereocenters. The molecule has 0 aliphatic rings. The number of hydrogen-bond acceptors (Lipinski definition) is 3. The Morgan fingerprint density at radius 3 is 2.45 bits per heavy atom. The second-order valence-electron chi connectivity index (χ2n) is 4.04. The van der Waals surface area contributed by atoms with Crippen LogP contribution in [0.1, 0.15) is 17.5 Å². The molecule has 4 nitrogen and oxygen atoms in total. The van der Waals surface area contributed by atoms with Gasteiger partial charge in [-0.1, -0.05) is 36.5 Å². The molecule has 1 rings (SSSR count). The van der Waals surface area contributed by atoms with E-state index < -0.39 is 34.9 Å². The zero-order valence-corrected chi connectivity index (χ0v) is 11.9. The maximum atomic E-state index is 12.0. The summed E-state index contributed by atoms with van der Waals surface area (Å²) in [5.41, 5.74) is 6.20. The molecule has 1 aromatic carbocycles. The van der Waals surface area contributed by atoms with Crippen LogP contribution in [0, 0.1) is 0 Å². The number of thiocarbonyl (C=S) groups is 1. The van der Waals surface area contributed by atoms with Crippen molar-refractivity contribution in [3.05, 3.63) is 35.4 Å². The zero-order chi connectivity index (χ0) is 15.4. The van der Waals surface area contributed by atoms with Gasteiger partial charge in [-0.2, -0.15) is 13.2 Å². The number of hydrogen-bond donors (Lipinski definition) is 2. The van der Waals surface area contributed by atoms with Crippen LogP contribution in [-0.2, 0) is 15.8 Å². The molecule has 112 valence electrons. The van der Waals surface area contributed by atoms with Crippen LogP contribution in [0.4, 0.5) is 13.2 Å². The maximum Gasteiger partial charge on any atom is 0.390 e. The quantitative estimate of drug-likeness (QED) is 0.781. The summed E-state index contributed by atoms with van der Waals surface area (Å²) >= 11 is 4.79. The van der Waals surface area contributed by atoms with Gasteiger partial charge in [0, 0.05) is 12.1 Å². The number of benzene rings is 1. The molecule has 0 aliphatic carbocycles. The van der Waals surface area contributed by atoms with Crippen molar-refractivity contribution < 1.29 is 21.6 Å². The van der Waals surface area contributed by atoms with E-state index in [0.29, 0.717) is 11.1 Å². The van der Waals surface area contributed by atoms with Crippen LogP contribution in [0.3, 0.4) is 0 Å².